The Hall–Kier alpha value is -1.03. The van der Waals surface area contributed by atoms with Gasteiger partial charge in [0.05, 0.1) is 10.4 Å². The van der Waals surface area contributed by atoms with Crippen molar-refractivity contribution in [2.75, 3.05) is 0 Å². The van der Waals surface area contributed by atoms with Crippen LogP contribution in [0, 0.1) is 6.92 Å². The Kier molecular flexibility index (Phi) is 1.14. The van der Waals surface area contributed by atoms with Gasteiger partial charge in [0.15, 0.2) is 0 Å². The van der Waals surface area contributed by atoms with Crippen molar-refractivity contribution in [3.63, 3.8) is 0 Å². The SMILES string of the molecule is Cc1nccc2nnsc12. The topological polar surface area (TPSA) is 38.7 Å². The smallest absolute Gasteiger partial charge is 0.109 e. The van der Waals surface area contributed by atoms with Crippen LogP contribution >= 0.6 is 11.5 Å². The molecule has 0 unspecified atom stereocenters. The van der Waals surface area contributed by atoms with E-state index in [0.717, 1.165) is 15.9 Å². The lowest BCUT2D eigenvalue weighted by Crippen LogP contribution is -1.77. The molecule has 10 heavy (non-hydrogen) atoms. The molecule has 0 radical (unpaired) electrons. The van der Waals surface area contributed by atoms with Crippen LogP contribution in [-0.4, -0.2) is 14.6 Å². The minimum Gasteiger partial charge on any atom is -0.260 e. The van der Waals surface area contributed by atoms with Crippen LogP contribution in [0.3, 0.4) is 0 Å². The fraction of sp³-hybridized carbons (Fsp3) is 0.167. The average Bonchev–Trinajstić information content (AvgIpc) is 2.36. The second-order valence-electron chi connectivity index (χ2n) is 2.02. The number of fused-ring (bicyclic) bond motifs is 1. The molecule has 0 saturated heterocycles. The molecule has 0 N–H and O–H groups in total. The van der Waals surface area contributed by atoms with Gasteiger partial charge < -0.3 is 0 Å². The maximum atomic E-state index is 4.11. The van der Waals surface area contributed by atoms with Gasteiger partial charge in [-0.1, -0.05) is 4.49 Å². The molecule has 0 amide bonds. The van der Waals surface area contributed by atoms with Crippen molar-refractivity contribution in [1.82, 2.24) is 14.6 Å². The summed E-state index contributed by atoms with van der Waals surface area (Å²) in [6.07, 6.45) is 1.75. The first-order valence-corrected chi connectivity index (χ1v) is 3.69. The van der Waals surface area contributed by atoms with Gasteiger partial charge in [-0.25, -0.2) is 0 Å². The maximum absolute atomic E-state index is 4.11. The van der Waals surface area contributed by atoms with Gasteiger partial charge in [0.1, 0.15) is 5.52 Å². The van der Waals surface area contributed by atoms with Crippen molar-refractivity contribution in [2.24, 2.45) is 0 Å². The Morgan fingerprint density at radius 3 is 3.20 bits per heavy atom. The minimum atomic E-state index is 0.942. The number of aromatic nitrogens is 3. The minimum absolute atomic E-state index is 0.942. The summed E-state index contributed by atoms with van der Waals surface area (Å²) >= 11 is 1.39. The molecule has 0 atom stereocenters. The van der Waals surface area contributed by atoms with Gasteiger partial charge in [-0.2, -0.15) is 0 Å². The Labute approximate surface area is 61.9 Å². The molecular weight excluding hydrogens is 146 g/mol. The monoisotopic (exact) mass is 151 g/mol. The van der Waals surface area contributed by atoms with Crippen LogP contribution < -0.4 is 0 Å². The Bertz CT molecular complexity index is 355. The van der Waals surface area contributed by atoms with Crippen molar-refractivity contribution in [3.05, 3.63) is 18.0 Å². The highest BCUT2D eigenvalue weighted by Gasteiger charge is 1.99. The summed E-state index contributed by atoms with van der Waals surface area (Å²) in [5, 5.41) is 3.91. The van der Waals surface area contributed by atoms with Gasteiger partial charge in [-0.15, -0.1) is 5.10 Å². The van der Waals surface area contributed by atoms with Gasteiger partial charge in [0, 0.05) is 6.20 Å². The lowest BCUT2D eigenvalue weighted by atomic mass is 10.3. The number of hydrogen-bond donors (Lipinski definition) is 0. The first-order chi connectivity index (χ1) is 4.88. The molecule has 2 rings (SSSR count). The van der Waals surface area contributed by atoms with E-state index >= 15 is 0 Å². The van der Waals surface area contributed by atoms with E-state index in [2.05, 4.69) is 14.6 Å². The Morgan fingerprint density at radius 1 is 1.50 bits per heavy atom. The normalized spacial score (nSPS) is 10.5. The van der Waals surface area contributed by atoms with Gasteiger partial charge in [0.25, 0.3) is 0 Å². The van der Waals surface area contributed by atoms with Crippen molar-refractivity contribution in [3.8, 4) is 0 Å². The largest absolute Gasteiger partial charge is 0.260 e. The molecule has 2 aromatic rings. The fourth-order valence-corrected chi connectivity index (χ4v) is 1.43. The molecule has 0 aromatic carbocycles. The zero-order chi connectivity index (χ0) is 6.97. The molecule has 0 spiro atoms. The summed E-state index contributed by atoms with van der Waals surface area (Å²) < 4.78 is 4.90. The zero-order valence-electron chi connectivity index (χ0n) is 5.40. The summed E-state index contributed by atoms with van der Waals surface area (Å²) in [4.78, 5) is 4.11. The molecule has 0 aliphatic carbocycles. The number of hydrogen-bond acceptors (Lipinski definition) is 4. The van der Waals surface area contributed by atoms with E-state index in [0.29, 0.717) is 0 Å². The number of rotatable bonds is 0. The van der Waals surface area contributed by atoms with E-state index in [4.69, 9.17) is 0 Å². The lowest BCUT2D eigenvalue weighted by Gasteiger charge is -1.87. The predicted octanol–water partition coefficient (Wildman–Crippen LogP) is 1.39. The highest BCUT2D eigenvalue weighted by Crippen LogP contribution is 2.16. The highest BCUT2D eigenvalue weighted by atomic mass is 32.1. The van der Waals surface area contributed by atoms with E-state index < -0.39 is 0 Å². The molecule has 2 aromatic heterocycles. The summed E-state index contributed by atoms with van der Waals surface area (Å²) in [6.45, 7) is 1.96. The average molecular weight is 151 g/mol. The van der Waals surface area contributed by atoms with Crippen LogP contribution in [0.2, 0.25) is 0 Å². The lowest BCUT2D eigenvalue weighted by molar-refractivity contribution is 1.18. The Morgan fingerprint density at radius 2 is 2.40 bits per heavy atom. The third-order valence-corrected chi connectivity index (χ3v) is 2.19. The molecular formula is C6H5N3S. The van der Waals surface area contributed by atoms with E-state index in [-0.39, 0.29) is 0 Å². The predicted molar refractivity (Wildman–Crippen MR) is 39.9 cm³/mol. The van der Waals surface area contributed by atoms with E-state index in [1.165, 1.54) is 11.5 Å². The third-order valence-electron chi connectivity index (χ3n) is 1.34. The molecule has 0 aliphatic heterocycles. The van der Waals surface area contributed by atoms with Crippen LogP contribution in [0.25, 0.3) is 10.2 Å². The molecule has 50 valence electrons. The summed E-state index contributed by atoms with van der Waals surface area (Å²) in [5.41, 5.74) is 1.95. The van der Waals surface area contributed by atoms with Gasteiger partial charge in [0.2, 0.25) is 0 Å². The van der Waals surface area contributed by atoms with E-state index in [9.17, 15) is 0 Å². The first-order valence-electron chi connectivity index (χ1n) is 2.91. The second kappa shape index (κ2) is 1.98. The first kappa shape index (κ1) is 5.73. The van der Waals surface area contributed by atoms with E-state index in [1.807, 2.05) is 13.0 Å². The van der Waals surface area contributed by atoms with Crippen molar-refractivity contribution < 1.29 is 0 Å². The summed E-state index contributed by atoms with van der Waals surface area (Å²) in [5.74, 6) is 0. The molecule has 0 saturated carbocycles. The molecule has 4 heteroatoms. The van der Waals surface area contributed by atoms with Gasteiger partial charge in [-0.3, -0.25) is 4.98 Å². The fourth-order valence-electron chi connectivity index (χ4n) is 0.836. The highest BCUT2D eigenvalue weighted by molar-refractivity contribution is 7.13. The summed E-state index contributed by atoms with van der Waals surface area (Å²) in [6, 6.07) is 1.87. The molecule has 0 fully saturated rings. The molecule has 2 heterocycles. The number of aryl methyl sites for hydroxylation is 1. The second-order valence-corrected chi connectivity index (χ2v) is 2.77. The third kappa shape index (κ3) is 0.690. The van der Waals surface area contributed by atoms with Gasteiger partial charge in [-0.05, 0) is 24.5 Å². The van der Waals surface area contributed by atoms with Crippen molar-refractivity contribution >= 4 is 21.7 Å². The van der Waals surface area contributed by atoms with Crippen LogP contribution in [0.15, 0.2) is 12.3 Å². The molecule has 3 nitrogen and oxygen atoms in total. The Balaban J connectivity index is 2.95. The molecule has 0 bridgehead atoms. The quantitative estimate of drug-likeness (QED) is 0.571. The van der Waals surface area contributed by atoms with Crippen LogP contribution in [0.4, 0.5) is 0 Å². The molecule has 0 aliphatic rings. The van der Waals surface area contributed by atoms with Crippen LogP contribution in [0.1, 0.15) is 5.69 Å². The maximum Gasteiger partial charge on any atom is 0.109 e. The summed E-state index contributed by atoms with van der Waals surface area (Å²) in [7, 11) is 0. The van der Waals surface area contributed by atoms with E-state index in [1.54, 1.807) is 6.20 Å². The van der Waals surface area contributed by atoms with Crippen LogP contribution in [-0.2, 0) is 0 Å². The number of pyridine rings is 1. The van der Waals surface area contributed by atoms with Crippen LogP contribution in [0.5, 0.6) is 0 Å². The zero-order valence-corrected chi connectivity index (χ0v) is 6.22. The van der Waals surface area contributed by atoms with Crippen molar-refractivity contribution in [1.29, 1.82) is 0 Å². The van der Waals surface area contributed by atoms with Crippen molar-refractivity contribution in [2.45, 2.75) is 6.92 Å². The number of nitrogens with zero attached hydrogens (tertiary/aromatic N) is 3. The standard InChI is InChI=1S/C6H5N3S/c1-4-6-5(2-3-7-4)8-9-10-6/h2-3H,1H3. The van der Waals surface area contributed by atoms with Gasteiger partial charge >= 0.3 is 0 Å².